The van der Waals surface area contributed by atoms with E-state index in [2.05, 4.69) is 4.98 Å². The lowest BCUT2D eigenvalue weighted by Crippen LogP contribution is -1.74. The molecule has 0 aliphatic carbocycles. The van der Waals surface area contributed by atoms with Gasteiger partial charge >= 0.3 is 0 Å². The fraction of sp³-hybridized carbons (Fsp3) is 0. The Morgan fingerprint density at radius 1 is 1.55 bits per heavy atom. The number of fused-ring (bicyclic) bond motifs is 1. The summed E-state index contributed by atoms with van der Waals surface area (Å²) in [4.78, 5) is 14.3. The molecule has 2 heterocycles. The first-order valence-corrected chi connectivity index (χ1v) is 3.19. The van der Waals surface area contributed by atoms with Crippen LogP contribution in [0.15, 0.2) is 29.0 Å². The molecular weight excluding hydrogens is 142 g/mol. The Morgan fingerprint density at radius 3 is 3.27 bits per heavy atom. The van der Waals surface area contributed by atoms with Gasteiger partial charge in [0, 0.05) is 6.20 Å². The molecule has 0 saturated heterocycles. The molecule has 2 aromatic heterocycles. The van der Waals surface area contributed by atoms with E-state index >= 15 is 0 Å². The summed E-state index contributed by atoms with van der Waals surface area (Å²) in [5.41, 5.74) is 1.06. The zero-order chi connectivity index (χ0) is 7.68. The lowest BCUT2D eigenvalue weighted by atomic mass is 10.2. The molecule has 11 heavy (non-hydrogen) atoms. The molecule has 0 aliphatic heterocycles. The molecule has 0 aliphatic rings. The SMILES string of the molecule is O=Cc1coc2ncccc12. The molecule has 0 fully saturated rings. The standard InChI is InChI=1S/C8H5NO2/c10-4-6-5-11-8-7(6)2-1-3-9-8/h1-5H. The van der Waals surface area contributed by atoms with E-state index in [0.717, 1.165) is 11.7 Å². The van der Waals surface area contributed by atoms with Crippen LogP contribution in [0.1, 0.15) is 10.4 Å². The van der Waals surface area contributed by atoms with Crippen molar-refractivity contribution in [3.63, 3.8) is 0 Å². The van der Waals surface area contributed by atoms with Crippen LogP contribution in [0, 0.1) is 0 Å². The molecule has 2 rings (SSSR count). The quantitative estimate of drug-likeness (QED) is 0.576. The summed E-state index contributed by atoms with van der Waals surface area (Å²) in [6.07, 6.45) is 3.79. The first-order chi connectivity index (χ1) is 5.42. The van der Waals surface area contributed by atoms with E-state index in [1.165, 1.54) is 6.26 Å². The molecular formula is C8H5NO2. The Bertz CT molecular complexity index is 392. The second kappa shape index (κ2) is 2.20. The van der Waals surface area contributed by atoms with Crippen molar-refractivity contribution in [3.8, 4) is 0 Å². The summed E-state index contributed by atoms with van der Waals surface area (Å²) >= 11 is 0. The Labute approximate surface area is 62.7 Å². The highest BCUT2D eigenvalue weighted by Gasteiger charge is 2.02. The molecule has 0 N–H and O–H groups in total. The maximum atomic E-state index is 10.4. The maximum Gasteiger partial charge on any atom is 0.226 e. The van der Waals surface area contributed by atoms with Gasteiger partial charge in [-0.2, -0.15) is 0 Å². The van der Waals surface area contributed by atoms with Gasteiger partial charge in [-0.05, 0) is 12.1 Å². The summed E-state index contributed by atoms with van der Waals surface area (Å²) in [6.45, 7) is 0. The van der Waals surface area contributed by atoms with Gasteiger partial charge in [0.2, 0.25) is 5.71 Å². The van der Waals surface area contributed by atoms with E-state index in [4.69, 9.17) is 4.42 Å². The second-order valence-corrected chi connectivity index (χ2v) is 2.17. The first kappa shape index (κ1) is 6.09. The number of rotatable bonds is 1. The number of aromatic nitrogens is 1. The molecule has 0 unspecified atom stereocenters. The van der Waals surface area contributed by atoms with Crippen LogP contribution in [-0.4, -0.2) is 11.3 Å². The van der Waals surface area contributed by atoms with Crippen LogP contribution in [-0.2, 0) is 0 Å². The maximum absolute atomic E-state index is 10.4. The summed E-state index contributed by atoms with van der Waals surface area (Å²) in [5, 5.41) is 0.766. The average Bonchev–Trinajstić information content (AvgIpc) is 2.47. The van der Waals surface area contributed by atoms with E-state index in [-0.39, 0.29) is 0 Å². The third-order valence-electron chi connectivity index (χ3n) is 1.51. The molecule has 0 aromatic carbocycles. The van der Waals surface area contributed by atoms with Crippen molar-refractivity contribution in [2.24, 2.45) is 0 Å². The highest BCUT2D eigenvalue weighted by atomic mass is 16.3. The van der Waals surface area contributed by atoms with E-state index in [0.29, 0.717) is 11.3 Å². The van der Waals surface area contributed by atoms with Crippen LogP contribution < -0.4 is 0 Å². The Kier molecular flexibility index (Phi) is 1.22. The predicted molar refractivity (Wildman–Crippen MR) is 39.4 cm³/mol. The van der Waals surface area contributed by atoms with Crippen molar-refractivity contribution in [2.45, 2.75) is 0 Å². The summed E-state index contributed by atoms with van der Waals surface area (Å²) in [7, 11) is 0. The molecule has 0 radical (unpaired) electrons. The van der Waals surface area contributed by atoms with Crippen molar-refractivity contribution in [1.82, 2.24) is 4.98 Å². The fourth-order valence-electron chi connectivity index (χ4n) is 0.978. The zero-order valence-electron chi connectivity index (χ0n) is 5.65. The topological polar surface area (TPSA) is 43.1 Å². The number of nitrogens with zero attached hydrogens (tertiary/aromatic N) is 1. The van der Waals surface area contributed by atoms with E-state index in [1.54, 1.807) is 18.3 Å². The summed E-state index contributed by atoms with van der Waals surface area (Å²) in [6, 6.07) is 3.57. The molecule has 0 amide bonds. The molecule has 54 valence electrons. The first-order valence-electron chi connectivity index (χ1n) is 3.19. The van der Waals surface area contributed by atoms with Crippen molar-refractivity contribution in [1.29, 1.82) is 0 Å². The Hall–Kier alpha value is -1.64. The van der Waals surface area contributed by atoms with Gasteiger partial charge in [0.15, 0.2) is 6.29 Å². The van der Waals surface area contributed by atoms with Crippen molar-refractivity contribution in [2.75, 3.05) is 0 Å². The average molecular weight is 147 g/mol. The zero-order valence-corrected chi connectivity index (χ0v) is 5.65. The predicted octanol–water partition coefficient (Wildman–Crippen LogP) is 1.64. The van der Waals surface area contributed by atoms with Gasteiger partial charge in [-0.25, -0.2) is 4.98 Å². The molecule has 2 aromatic rings. The lowest BCUT2D eigenvalue weighted by molar-refractivity contribution is 0.112. The van der Waals surface area contributed by atoms with Crippen LogP contribution in [0.5, 0.6) is 0 Å². The van der Waals surface area contributed by atoms with Crippen LogP contribution in [0.3, 0.4) is 0 Å². The minimum atomic E-state index is 0.509. The minimum Gasteiger partial charge on any atom is -0.445 e. The van der Waals surface area contributed by atoms with Gasteiger partial charge in [-0.15, -0.1) is 0 Å². The molecule has 0 atom stereocenters. The largest absolute Gasteiger partial charge is 0.445 e. The van der Waals surface area contributed by atoms with Crippen LogP contribution in [0.4, 0.5) is 0 Å². The smallest absolute Gasteiger partial charge is 0.226 e. The third-order valence-corrected chi connectivity index (χ3v) is 1.51. The lowest BCUT2D eigenvalue weighted by Gasteiger charge is -1.83. The molecule has 0 spiro atoms. The summed E-state index contributed by atoms with van der Waals surface area (Å²) in [5.74, 6) is 0. The molecule has 0 saturated carbocycles. The normalized spacial score (nSPS) is 10.2. The van der Waals surface area contributed by atoms with Crippen LogP contribution in [0.25, 0.3) is 11.1 Å². The Morgan fingerprint density at radius 2 is 2.45 bits per heavy atom. The van der Waals surface area contributed by atoms with Gasteiger partial charge < -0.3 is 4.42 Å². The van der Waals surface area contributed by atoms with Crippen molar-refractivity contribution in [3.05, 3.63) is 30.2 Å². The third kappa shape index (κ3) is 0.816. The summed E-state index contributed by atoms with van der Waals surface area (Å²) < 4.78 is 5.00. The number of pyridine rings is 1. The number of carbonyl (C=O) groups is 1. The van der Waals surface area contributed by atoms with E-state index in [9.17, 15) is 4.79 Å². The number of carbonyl (C=O) groups excluding carboxylic acids is 1. The van der Waals surface area contributed by atoms with Crippen molar-refractivity contribution < 1.29 is 9.21 Å². The van der Waals surface area contributed by atoms with Crippen molar-refractivity contribution >= 4 is 17.4 Å². The van der Waals surface area contributed by atoms with E-state index < -0.39 is 0 Å². The van der Waals surface area contributed by atoms with E-state index in [1.807, 2.05) is 0 Å². The van der Waals surface area contributed by atoms with Crippen LogP contribution in [0.2, 0.25) is 0 Å². The second-order valence-electron chi connectivity index (χ2n) is 2.17. The van der Waals surface area contributed by atoms with Crippen LogP contribution >= 0.6 is 0 Å². The fourth-order valence-corrected chi connectivity index (χ4v) is 0.978. The highest BCUT2D eigenvalue weighted by molar-refractivity contribution is 5.94. The van der Waals surface area contributed by atoms with Gasteiger partial charge in [0.05, 0.1) is 10.9 Å². The number of furan rings is 1. The minimum absolute atomic E-state index is 0.509. The Balaban J connectivity index is 2.86. The monoisotopic (exact) mass is 147 g/mol. The van der Waals surface area contributed by atoms with Gasteiger partial charge in [0.1, 0.15) is 6.26 Å². The number of aldehydes is 1. The molecule has 0 bridgehead atoms. The van der Waals surface area contributed by atoms with Gasteiger partial charge in [-0.3, -0.25) is 4.79 Å². The highest BCUT2D eigenvalue weighted by Crippen LogP contribution is 2.15. The van der Waals surface area contributed by atoms with Gasteiger partial charge in [0.25, 0.3) is 0 Å². The number of hydrogen-bond acceptors (Lipinski definition) is 3. The molecule has 3 heteroatoms. The number of hydrogen-bond donors (Lipinski definition) is 0. The van der Waals surface area contributed by atoms with Gasteiger partial charge in [-0.1, -0.05) is 0 Å². The molecule has 3 nitrogen and oxygen atoms in total.